The van der Waals surface area contributed by atoms with Crippen LogP contribution in [0.2, 0.25) is 0 Å². The summed E-state index contributed by atoms with van der Waals surface area (Å²) in [4.78, 5) is 4.14. The summed E-state index contributed by atoms with van der Waals surface area (Å²) >= 11 is 0. The standard InChI is InChI=1S/C13H17N7/c1-19-9-10(6-16-19)2-3-12(18-14)11-7-17-20-5-4-15-8-13(11)20/h4-9,12,18H,2-3,14H2,1H3. The van der Waals surface area contributed by atoms with Gasteiger partial charge in [0.1, 0.15) is 0 Å². The zero-order valence-corrected chi connectivity index (χ0v) is 11.3. The maximum absolute atomic E-state index is 5.70. The number of nitrogens with zero attached hydrogens (tertiary/aromatic N) is 5. The van der Waals surface area contributed by atoms with Gasteiger partial charge in [-0.05, 0) is 18.4 Å². The Hall–Kier alpha value is -2.25. The van der Waals surface area contributed by atoms with Crippen molar-refractivity contribution in [3.8, 4) is 0 Å². The first kappa shape index (κ1) is 12.8. The van der Waals surface area contributed by atoms with Crippen LogP contribution in [0.3, 0.4) is 0 Å². The van der Waals surface area contributed by atoms with E-state index in [9.17, 15) is 0 Å². The van der Waals surface area contributed by atoms with Crippen molar-refractivity contribution in [1.82, 2.24) is 29.8 Å². The van der Waals surface area contributed by atoms with Gasteiger partial charge in [-0.3, -0.25) is 20.9 Å². The molecular weight excluding hydrogens is 254 g/mol. The molecule has 3 rings (SSSR count). The van der Waals surface area contributed by atoms with E-state index in [1.54, 1.807) is 21.6 Å². The van der Waals surface area contributed by atoms with Gasteiger partial charge in [0.05, 0.1) is 30.1 Å². The van der Waals surface area contributed by atoms with Crippen LogP contribution >= 0.6 is 0 Å². The molecule has 0 fully saturated rings. The molecule has 3 aromatic rings. The summed E-state index contributed by atoms with van der Waals surface area (Å²) in [5, 5.41) is 8.48. The van der Waals surface area contributed by atoms with Crippen molar-refractivity contribution in [2.45, 2.75) is 18.9 Å². The van der Waals surface area contributed by atoms with Gasteiger partial charge < -0.3 is 0 Å². The van der Waals surface area contributed by atoms with Gasteiger partial charge in [-0.1, -0.05) is 0 Å². The number of aromatic nitrogens is 5. The normalized spacial score (nSPS) is 12.9. The van der Waals surface area contributed by atoms with E-state index in [0.29, 0.717) is 0 Å². The Labute approximate surface area is 116 Å². The van der Waals surface area contributed by atoms with Crippen molar-refractivity contribution in [3.05, 3.63) is 48.3 Å². The van der Waals surface area contributed by atoms with Crippen molar-refractivity contribution in [1.29, 1.82) is 0 Å². The lowest BCUT2D eigenvalue weighted by molar-refractivity contribution is 0.519. The molecule has 0 aliphatic rings. The van der Waals surface area contributed by atoms with E-state index in [-0.39, 0.29) is 6.04 Å². The summed E-state index contributed by atoms with van der Waals surface area (Å²) in [5.74, 6) is 5.70. The van der Waals surface area contributed by atoms with E-state index in [2.05, 4.69) is 20.6 Å². The van der Waals surface area contributed by atoms with Crippen LogP contribution in [0.15, 0.2) is 37.2 Å². The van der Waals surface area contributed by atoms with Crippen molar-refractivity contribution in [2.24, 2.45) is 12.9 Å². The highest BCUT2D eigenvalue weighted by atomic mass is 15.3. The monoisotopic (exact) mass is 271 g/mol. The van der Waals surface area contributed by atoms with Gasteiger partial charge in [-0.25, -0.2) is 4.52 Å². The molecule has 1 atom stereocenters. The van der Waals surface area contributed by atoms with Crippen LogP contribution in [0.25, 0.3) is 5.52 Å². The summed E-state index contributed by atoms with van der Waals surface area (Å²) in [6, 6.07) is 0.0388. The van der Waals surface area contributed by atoms with Crippen LogP contribution in [-0.4, -0.2) is 24.4 Å². The molecule has 0 saturated heterocycles. The van der Waals surface area contributed by atoms with Crippen molar-refractivity contribution < 1.29 is 0 Å². The molecule has 0 bridgehead atoms. The highest BCUT2D eigenvalue weighted by Crippen LogP contribution is 2.22. The van der Waals surface area contributed by atoms with E-state index < -0.39 is 0 Å². The molecule has 0 spiro atoms. The van der Waals surface area contributed by atoms with Gasteiger partial charge in [0.2, 0.25) is 0 Å². The minimum Gasteiger partial charge on any atom is -0.276 e. The third kappa shape index (κ3) is 2.40. The minimum atomic E-state index is 0.0388. The number of fused-ring (bicyclic) bond motifs is 1. The molecule has 0 aliphatic heterocycles. The smallest absolute Gasteiger partial charge is 0.0893 e. The van der Waals surface area contributed by atoms with Crippen LogP contribution in [0.4, 0.5) is 0 Å². The summed E-state index contributed by atoms with van der Waals surface area (Å²) < 4.78 is 3.61. The van der Waals surface area contributed by atoms with Gasteiger partial charge in [0.15, 0.2) is 0 Å². The quantitative estimate of drug-likeness (QED) is 0.524. The fraction of sp³-hybridized carbons (Fsp3) is 0.308. The second-order valence-electron chi connectivity index (χ2n) is 4.79. The fourth-order valence-corrected chi connectivity index (χ4v) is 2.36. The fourth-order valence-electron chi connectivity index (χ4n) is 2.36. The number of aryl methyl sites for hydroxylation is 2. The van der Waals surface area contributed by atoms with Gasteiger partial charge in [-0.15, -0.1) is 0 Å². The Morgan fingerprint density at radius 3 is 2.95 bits per heavy atom. The number of nitrogens with two attached hydrogens (primary N) is 1. The number of hydrogen-bond donors (Lipinski definition) is 2. The molecule has 0 saturated carbocycles. The maximum Gasteiger partial charge on any atom is 0.0893 e. The predicted molar refractivity (Wildman–Crippen MR) is 74.6 cm³/mol. The Morgan fingerprint density at radius 1 is 1.30 bits per heavy atom. The van der Waals surface area contributed by atoms with Crippen molar-refractivity contribution in [3.63, 3.8) is 0 Å². The number of rotatable bonds is 5. The first-order valence-corrected chi connectivity index (χ1v) is 6.49. The molecule has 1 unspecified atom stereocenters. The zero-order valence-electron chi connectivity index (χ0n) is 11.3. The number of hydrogen-bond acceptors (Lipinski definition) is 5. The zero-order chi connectivity index (χ0) is 13.9. The molecule has 3 aromatic heterocycles. The summed E-state index contributed by atoms with van der Waals surface area (Å²) in [5.41, 5.74) is 6.10. The van der Waals surface area contributed by atoms with E-state index in [4.69, 9.17) is 5.84 Å². The lowest BCUT2D eigenvalue weighted by Crippen LogP contribution is -2.28. The average Bonchev–Trinajstić information content (AvgIpc) is 3.07. The van der Waals surface area contributed by atoms with E-state index >= 15 is 0 Å². The SMILES string of the molecule is Cn1cc(CCC(NN)c2cnn3ccncc23)cn1. The molecule has 0 aliphatic carbocycles. The Kier molecular flexibility index (Phi) is 3.44. The van der Waals surface area contributed by atoms with Gasteiger partial charge in [0, 0.05) is 31.2 Å². The van der Waals surface area contributed by atoms with Crippen molar-refractivity contribution in [2.75, 3.05) is 0 Å². The first-order chi connectivity index (χ1) is 9.78. The lowest BCUT2D eigenvalue weighted by Gasteiger charge is -2.14. The summed E-state index contributed by atoms with van der Waals surface area (Å²) in [6.07, 6.45) is 12.9. The number of nitrogens with one attached hydrogen (secondary N) is 1. The molecule has 0 radical (unpaired) electrons. The predicted octanol–water partition coefficient (Wildman–Crippen LogP) is 0.600. The third-order valence-electron chi connectivity index (χ3n) is 3.41. The molecular formula is C13H17N7. The van der Waals surface area contributed by atoms with E-state index in [0.717, 1.165) is 23.9 Å². The Bertz CT molecular complexity index is 699. The molecule has 7 heteroatoms. The largest absolute Gasteiger partial charge is 0.276 e. The first-order valence-electron chi connectivity index (χ1n) is 6.49. The maximum atomic E-state index is 5.70. The highest BCUT2D eigenvalue weighted by molar-refractivity contribution is 5.53. The Balaban J connectivity index is 1.79. The Morgan fingerprint density at radius 2 is 2.20 bits per heavy atom. The minimum absolute atomic E-state index is 0.0388. The molecule has 7 nitrogen and oxygen atoms in total. The van der Waals surface area contributed by atoms with Gasteiger partial charge >= 0.3 is 0 Å². The van der Waals surface area contributed by atoms with E-state index in [1.165, 1.54) is 5.56 Å². The van der Waals surface area contributed by atoms with E-state index in [1.807, 2.05) is 31.8 Å². The second kappa shape index (κ2) is 5.40. The molecule has 0 aromatic carbocycles. The topological polar surface area (TPSA) is 86.1 Å². The molecule has 20 heavy (non-hydrogen) atoms. The lowest BCUT2D eigenvalue weighted by atomic mass is 10.0. The van der Waals surface area contributed by atoms with Crippen LogP contribution in [0, 0.1) is 0 Å². The molecule has 0 amide bonds. The van der Waals surface area contributed by atoms with Crippen LogP contribution in [0.1, 0.15) is 23.6 Å². The van der Waals surface area contributed by atoms with Crippen LogP contribution in [0.5, 0.6) is 0 Å². The molecule has 3 N–H and O–H groups in total. The summed E-state index contributed by atoms with van der Waals surface area (Å²) in [6.45, 7) is 0. The average molecular weight is 271 g/mol. The summed E-state index contributed by atoms with van der Waals surface area (Å²) in [7, 11) is 1.92. The van der Waals surface area contributed by atoms with Crippen LogP contribution < -0.4 is 11.3 Å². The second-order valence-corrected chi connectivity index (χ2v) is 4.79. The van der Waals surface area contributed by atoms with Gasteiger partial charge in [-0.2, -0.15) is 10.2 Å². The molecule has 104 valence electrons. The number of hydrazine groups is 1. The third-order valence-corrected chi connectivity index (χ3v) is 3.41. The molecule has 3 heterocycles. The van der Waals surface area contributed by atoms with Crippen molar-refractivity contribution >= 4 is 5.52 Å². The van der Waals surface area contributed by atoms with Crippen LogP contribution in [-0.2, 0) is 13.5 Å². The highest BCUT2D eigenvalue weighted by Gasteiger charge is 2.15. The van der Waals surface area contributed by atoms with Gasteiger partial charge in [0.25, 0.3) is 0 Å².